The molecule has 1 amide bonds. The molecule has 1 atom stereocenters. The Morgan fingerprint density at radius 3 is 2.42 bits per heavy atom. The molecule has 2 aromatic rings. The van der Waals surface area contributed by atoms with E-state index >= 15 is 0 Å². The van der Waals surface area contributed by atoms with Gasteiger partial charge in [0.25, 0.3) is 5.91 Å². The van der Waals surface area contributed by atoms with Crippen molar-refractivity contribution in [3.05, 3.63) is 64.7 Å². The molecule has 1 N–H and O–H groups in total. The minimum Gasteiger partial charge on any atom is -0.452 e. The number of hydrogen-bond donors (Lipinski definition) is 1. The molecule has 0 heterocycles. The van der Waals surface area contributed by atoms with E-state index in [0.29, 0.717) is 5.02 Å². The van der Waals surface area contributed by atoms with Crippen LogP contribution in [0, 0.1) is 0 Å². The Bertz CT molecular complexity index is 909. The first-order chi connectivity index (χ1) is 12.2. The summed E-state index contributed by atoms with van der Waals surface area (Å²) in [6, 6.07) is 12.2. The summed E-state index contributed by atoms with van der Waals surface area (Å²) in [6.07, 6.45) is 1.04. The maximum Gasteiger partial charge on any atom is 0.338 e. The van der Waals surface area contributed by atoms with Crippen molar-refractivity contribution in [1.29, 1.82) is 0 Å². The quantitative estimate of drug-likeness (QED) is 0.759. The van der Waals surface area contributed by atoms with E-state index in [2.05, 4.69) is 5.32 Å². The Hall–Kier alpha value is -2.38. The van der Waals surface area contributed by atoms with E-state index < -0.39 is 28.3 Å². The normalized spacial score (nSPS) is 12.3. The zero-order chi connectivity index (χ0) is 19.3. The third kappa shape index (κ3) is 5.57. The number of ether oxygens (including phenoxy) is 1. The molecule has 0 bridgehead atoms. The van der Waals surface area contributed by atoms with Crippen molar-refractivity contribution in [2.75, 3.05) is 12.9 Å². The molecule has 0 fully saturated rings. The highest BCUT2D eigenvalue weighted by molar-refractivity contribution is 7.90. The molecule has 2 rings (SSSR count). The molecule has 0 aromatic heterocycles. The number of nitrogens with one attached hydrogen (secondary N) is 1. The minimum absolute atomic E-state index is 0.00719. The van der Waals surface area contributed by atoms with E-state index in [1.54, 1.807) is 31.2 Å². The number of rotatable bonds is 6. The van der Waals surface area contributed by atoms with Gasteiger partial charge in [0.1, 0.15) is 0 Å². The average Bonchev–Trinajstić information content (AvgIpc) is 2.59. The van der Waals surface area contributed by atoms with Gasteiger partial charge >= 0.3 is 5.97 Å². The molecule has 0 aliphatic heterocycles. The van der Waals surface area contributed by atoms with Gasteiger partial charge in [0.15, 0.2) is 16.4 Å². The lowest BCUT2D eigenvalue weighted by Crippen LogP contribution is -2.31. The van der Waals surface area contributed by atoms with Gasteiger partial charge in [0.2, 0.25) is 0 Å². The second-order valence-electron chi connectivity index (χ2n) is 5.72. The van der Waals surface area contributed by atoms with E-state index in [1.165, 1.54) is 24.3 Å². The molecule has 0 saturated heterocycles. The number of sulfone groups is 1. The molecular formula is C18H18ClNO5S. The predicted molar refractivity (Wildman–Crippen MR) is 97.8 cm³/mol. The molecule has 6 nitrogen and oxygen atoms in total. The van der Waals surface area contributed by atoms with Crippen LogP contribution in [0.5, 0.6) is 0 Å². The summed E-state index contributed by atoms with van der Waals surface area (Å²) in [5.74, 6) is -1.25. The molecular weight excluding hydrogens is 378 g/mol. The van der Waals surface area contributed by atoms with Crippen LogP contribution in [0.15, 0.2) is 53.4 Å². The summed E-state index contributed by atoms with van der Waals surface area (Å²) in [5.41, 5.74) is 0.918. The molecule has 2 aromatic carbocycles. The molecule has 8 heteroatoms. The van der Waals surface area contributed by atoms with Gasteiger partial charge in [-0.2, -0.15) is 0 Å². The van der Waals surface area contributed by atoms with Crippen LogP contribution in [0.3, 0.4) is 0 Å². The largest absolute Gasteiger partial charge is 0.452 e. The number of hydrogen-bond acceptors (Lipinski definition) is 5. The lowest BCUT2D eigenvalue weighted by molar-refractivity contribution is -0.124. The first kappa shape index (κ1) is 19.9. The van der Waals surface area contributed by atoms with Crippen molar-refractivity contribution < 1.29 is 22.7 Å². The molecule has 26 heavy (non-hydrogen) atoms. The zero-order valence-corrected chi connectivity index (χ0v) is 15.8. The predicted octanol–water partition coefficient (Wildman–Crippen LogP) is 2.78. The summed E-state index contributed by atoms with van der Waals surface area (Å²) >= 11 is 5.82. The monoisotopic (exact) mass is 395 g/mol. The SMILES string of the molecule is CC(NC(=O)COC(=O)c1cccc(S(C)(=O)=O)c1)c1ccc(Cl)cc1. The van der Waals surface area contributed by atoms with Crippen LogP contribution in [-0.2, 0) is 19.4 Å². The van der Waals surface area contributed by atoms with Crippen LogP contribution in [0.2, 0.25) is 5.02 Å². The second kappa shape index (κ2) is 8.33. The average molecular weight is 396 g/mol. The van der Waals surface area contributed by atoms with Crippen molar-refractivity contribution in [2.24, 2.45) is 0 Å². The first-order valence-electron chi connectivity index (χ1n) is 7.69. The first-order valence-corrected chi connectivity index (χ1v) is 9.96. The molecule has 0 radical (unpaired) electrons. The van der Waals surface area contributed by atoms with Gasteiger partial charge in [-0.3, -0.25) is 4.79 Å². The van der Waals surface area contributed by atoms with Crippen molar-refractivity contribution in [3.8, 4) is 0 Å². The van der Waals surface area contributed by atoms with Gasteiger partial charge in [-0.1, -0.05) is 29.8 Å². The van der Waals surface area contributed by atoms with Crippen LogP contribution in [0.4, 0.5) is 0 Å². The van der Waals surface area contributed by atoms with E-state index in [-0.39, 0.29) is 16.5 Å². The van der Waals surface area contributed by atoms with Gasteiger partial charge in [-0.25, -0.2) is 13.2 Å². The number of carbonyl (C=O) groups excluding carboxylic acids is 2. The number of esters is 1. The Balaban J connectivity index is 1.92. The van der Waals surface area contributed by atoms with Crippen molar-refractivity contribution >= 4 is 33.3 Å². The van der Waals surface area contributed by atoms with Crippen LogP contribution in [0.25, 0.3) is 0 Å². The van der Waals surface area contributed by atoms with Crippen LogP contribution in [0.1, 0.15) is 28.9 Å². The van der Waals surface area contributed by atoms with E-state index in [1.807, 2.05) is 0 Å². The van der Waals surface area contributed by atoms with Gasteiger partial charge in [0.05, 0.1) is 16.5 Å². The van der Waals surface area contributed by atoms with Gasteiger partial charge in [-0.15, -0.1) is 0 Å². The fourth-order valence-electron chi connectivity index (χ4n) is 2.19. The fourth-order valence-corrected chi connectivity index (χ4v) is 2.98. The highest BCUT2D eigenvalue weighted by Crippen LogP contribution is 2.16. The van der Waals surface area contributed by atoms with Crippen molar-refractivity contribution in [1.82, 2.24) is 5.32 Å². The molecule has 0 aliphatic rings. The van der Waals surface area contributed by atoms with Gasteiger partial charge < -0.3 is 10.1 Å². The molecule has 0 spiro atoms. The van der Waals surface area contributed by atoms with Crippen molar-refractivity contribution in [3.63, 3.8) is 0 Å². The summed E-state index contributed by atoms with van der Waals surface area (Å²) in [4.78, 5) is 24.0. The Kier molecular flexibility index (Phi) is 6.39. The molecule has 138 valence electrons. The second-order valence-corrected chi connectivity index (χ2v) is 8.17. The maximum absolute atomic E-state index is 12.0. The Morgan fingerprint density at radius 1 is 1.15 bits per heavy atom. The highest BCUT2D eigenvalue weighted by atomic mass is 35.5. The van der Waals surface area contributed by atoms with Crippen LogP contribution >= 0.6 is 11.6 Å². The summed E-state index contributed by atoms with van der Waals surface area (Å²) < 4.78 is 28.0. The lowest BCUT2D eigenvalue weighted by atomic mass is 10.1. The Labute approximate surface area is 157 Å². The van der Waals surface area contributed by atoms with Gasteiger partial charge in [0, 0.05) is 11.3 Å². The smallest absolute Gasteiger partial charge is 0.338 e. The molecule has 0 saturated carbocycles. The zero-order valence-electron chi connectivity index (χ0n) is 14.2. The molecule has 1 unspecified atom stereocenters. The number of benzene rings is 2. The highest BCUT2D eigenvalue weighted by Gasteiger charge is 2.15. The van der Waals surface area contributed by atoms with Crippen molar-refractivity contribution in [2.45, 2.75) is 17.9 Å². The third-order valence-corrected chi connectivity index (χ3v) is 4.94. The number of amides is 1. The van der Waals surface area contributed by atoms with E-state index in [9.17, 15) is 18.0 Å². The maximum atomic E-state index is 12.0. The Morgan fingerprint density at radius 2 is 1.81 bits per heavy atom. The van der Waals surface area contributed by atoms with E-state index in [4.69, 9.17) is 16.3 Å². The lowest BCUT2D eigenvalue weighted by Gasteiger charge is -2.14. The minimum atomic E-state index is -3.44. The summed E-state index contributed by atoms with van der Waals surface area (Å²) in [5, 5.41) is 3.30. The fraction of sp³-hybridized carbons (Fsp3) is 0.222. The van der Waals surface area contributed by atoms with Gasteiger partial charge in [-0.05, 0) is 42.8 Å². The summed E-state index contributed by atoms with van der Waals surface area (Å²) in [7, 11) is -3.44. The van der Waals surface area contributed by atoms with Crippen LogP contribution in [-0.4, -0.2) is 33.2 Å². The number of halogens is 1. The topological polar surface area (TPSA) is 89.5 Å². The third-order valence-electron chi connectivity index (χ3n) is 3.58. The standard InChI is InChI=1S/C18H18ClNO5S/c1-12(13-6-8-15(19)9-7-13)20-17(21)11-25-18(22)14-4-3-5-16(10-14)26(2,23)24/h3-10,12H,11H2,1-2H3,(H,20,21). The van der Waals surface area contributed by atoms with E-state index in [0.717, 1.165) is 11.8 Å². The number of carbonyl (C=O) groups is 2. The molecule has 0 aliphatic carbocycles. The van der Waals surface area contributed by atoms with Crippen LogP contribution < -0.4 is 5.32 Å². The summed E-state index contributed by atoms with van der Waals surface area (Å²) in [6.45, 7) is 1.32.